The highest BCUT2D eigenvalue weighted by Crippen LogP contribution is 2.39. The zero-order valence-electron chi connectivity index (χ0n) is 16.1. The summed E-state index contributed by atoms with van der Waals surface area (Å²) in [5.74, 6) is -0.0921. The lowest BCUT2D eigenvalue weighted by Gasteiger charge is -2.17. The van der Waals surface area contributed by atoms with Crippen LogP contribution in [0.3, 0.4) is 0 Å². The average Bonchev–Trinajstić information content (AvgIpc) is 2.69. The molecule has 0 aliphatic carbocycles. The Hall–Kier alpha value is -3.27. The van der Waals surface area contributed by atoms with Crippen LogP contribution in [0.2, 0.25) is 0 Å². The van der Waals surface area contributed by atoms with E-state index < -0.39 is 11.8 Å². The van der Waals surface area contributed by atoms with Crippen molar-refractivity contribution in [1.29, 1.82) is 5.26 Å². The van der Waals surface area contributed by atoms with Gasteiger partial charge >= 0.3 is 5.97 Å². The van der Waals surface area contributed by atoms with E-state index in [2.05, 4.69) is 0 Å². The monoisotopic (exact) mass is 387 g/mol. The Morgan fingerprint density at radius 3 is 2.14 bits per heavy atom. The van der Waals surface area contributed by atoms with E-state index in [1.165, 1.54) is 30.3 Å². The van der Waals surface area contributed by atoms with E-state index in [1.807, 2.05) is 26.8 Å². The summed E-state index contributed by atoms with van der Waals surface area (Å²) in [6.07, 6.45) is 0. The van der Waals surface area contributed by atoms with E-state index in [0.29, 0.717) is 37.1 Å². The van der Waals surface area contributed by atoms with Crippen molar-refractivity contribution in [3.63, 3.8) is 0 Å². The summed E-state index contributed by atoms with van der Waals surface area (Å²) in [4.78, 5) is 12.5. The number of ether oxygens (including phenoxy) is 4. The van der Waals surface area contributed by atoms with Crippen LogP contribution in [-0.4, -0.2) is 25.8 Å². The second-order valence-corrected chi connectivity index (χ2v) is 5.59. The van der Waals surface area contributed by atoms with Crippen LogP contribution in [0.1, 0.15) is 42.3 Å². The molecule has 0 radical (unpaired) electrons. The number of esters is 1. The number of carbonyl (C=O) groups excluding carboxylic acids is 1. The molecular formula is C21H22FNO5. The molecule has 0 amide bonds. The Bertz CT molecular complexity index is 849. The number of carbonyl (C=O) groups is 1. The van der Waals surface area contributed by atoms with Crippen molar-refractivity contribution in [3.05, 3.63) is 52.8 Å². The summed E-state index contributed by atoms with van der Waals surface area (Å²) < 4.78 is 35.8. The van der Waals surface area contributed by atoms with E-state index in [4.69, 9.17) is 24.2 Å². The number of benzene rings is 2. The molecule has 0 unspecified atom stereocenters. The van der Waals surface area contributed by atoms with E-state index in [9.17, 15) is 9.18 Å². The fraction of sp³-hybridized carbons (Fsp3) is 0.333. The molecule has 0 aliphatic rings. The molecule has 0 bridgehead atoms. The van der Waals surface area contributed by atoms with Gasteiger partial charge in [-0.05, 0) is 51.1 Å². The van der Waals surface area contributed by atoms with Crippen LogP contribution in [0.15, 0.2) is 30.3 Å². The van der Waals surface area contributed by atoms with Gasteiger partial charge in [-0.25, -0.2) is 9.18 Å². The molecule has 0 atom stereocenters. The van der Waals surface area contributed by atoms with Crippen LogP contribution < -0.4 is 14.2 Å². The van der Waals surface area contributed by atoms with Crippen molar-refractivity contribution >= 4 is 5.97 Å². The molecule has 0 spiro atoms. The predicted molar refractivity (Wildman–Crippen MR) is 100 cm³/mol. The molecule has 0 N–H and O–H groups in total. The summed E-state index contributed by atoms with van der Waals surface area (Å²) in [6.45, 7) is 6.29. The second-order valence-electron chi connectivity index (χ2n) is 5.59. The lowest BCUT2D eigenvalue weighted by atomic mass is 10.1. The number of nitrogens with zero attached hydrogens (tertiary/aromatic N) is 1. The molecule has 0 aromatic heterocycles. The predicted octanol–water partition coefficient (Wildman–Crippen LogP) is 4.25. The Morgan fingerprint density at radius 1 is 1.00 bits per heavy atom. The van der Waals surface area contributed by atoms with Crippen LogP contribution in [-0.2, 0) is 11.3 Å². The maximum atomic E-state index is 13.9. The summed E-state index contributed by atoms with van der Waals surface area (Å²) >= 11 is 0. The van der Waals surface area contributed by atoms with Crippen molar-refractivity contribution in [1.82, 2.24) is 0 Å². The zero-order chi connectivity index (χ0) is 20.5. The van der Waals surface area contributed by atoms with Gasteiger partial charge in [-0.15, -0.1) is 0 Å². The van der Waals surface area contributed by atoms with E-state index in [0.717, 1.165) is 0 Å². The first-order valence-corrected chi connectivity index (χ1v) is 8.96. The van der Waals surface area contributed by atoms with Crippen molar-refractivity contribution < 1.29 is 28.1 Å². The molecule has 0 aliphatic heterocycles. The third-order valence-electron chi connectivity index (χ3n) is 3.68. The lowest BCUT2D eigenvalue weighted by molar-refractivity contribution is 0.0467. The summed E-state index contributed by atoms with van der Waals surface area (Å²) in [5, 5.41) is 8.92. The molecule has 148 valence electrons. The standard InChI is InChI=1S/C21H22FNO5/c1-4-25-18-10-15(11-19(26-5-2)20(18)27-6-3)21(24)28-13-16-9-14(12-23)7-8-17(16)22/h7-11H,4-6,13H2,1-3H3. The van der Waals surface area contributed by atoms with Gasteiger partial charge < -0.3 is 18.9 Å². The summed E-state index contributed by atoms with van der Waals surface area (Å²) in [5.41, 5.74) is 0.589. The molecule has 28 heavy (non-hydrogen) atoms. The fourth-order valence-electron chi connectivity index (χ4n) is 2.49. The van der Waals surface area contributed by atoms with E-state index in [1.54, 1.807) is 0 Å². The molecule has 0 fully saturated rings. The highest BCUT2D eigenvalue weighted by molar-refractivity contribution is 5.91. The molecule has 6 nitrogen and oxygen atoms in total. The number of hydrogen-bond acceptors (Lipinski definition) is 6. The first-order chi connectivity index (χ1) is 13.5. The molecule has 0 saturated heterocycles. The minimum atomic E-state index is -0.674. The van der Waals surface area contributed by atoms with Gasteiger partial charge in [0.2, 0.25) is 5.75 Å². The number of hydrogen-bond donors (Lipinski definition) is 0. The molecule has 2 rings (SSSR count). The van der Waals surface area contributed by atoms with Crippen molar-refractivity contribution in [3.8, 4) is 23.3 Å². The first kappa shape index (κ1) is 21.0. The normalized spacial score (nSPS) is 10.1. The third kappa shape index (κ3) is 5.13. The Morgan fingerprint density at radius 2 is 1.61 bits per heavy atom. The van der Waals surface area contributed by atoms with Gasteiger partial charge in [0.05, 0.1) is 37.0 Å². The molecule has 0 saturated carbocycles. The second kappa shape index (κ2) is 10.2. The lowest BCUT2D eigenvalue weighted by Crippen LogP contribution is -2.09. The highest BCUT2D eigenvalue weighted by atomic mass is 19.1. The minimum Gasteiger partial charge on any atom is -0.490 e. The van der Waals surface area contributed by atoms with E-state index in [-0.39, 0.29) is 23.3 Å². The average molecular weight is 387 g/mol. The quantitative estimate of drug-likeness (QED) is 0.599. The molecule has 7 heteroatoms. The Labute approximate surface area is 163 Å². The summed E-state index contributed by atoms with van der Waals surface area (Å²) in [7, 11) is 0. The van der Waals surface area contributed by atoms with Gasteiger partial charge in [0, 0.05) is 5.56 Å². The van der Waals surface area contributed by atoms with Gasteiger partial charge in [-0.3, -0.25) is 0 Å². The molecule has 2 aromatic rings. The van der Waals surface area contributed by atoms with Crippen molar-refractivity contribution in [2.45, 2.75) is 27.4 Å². The molecule has 2 aromatic carbocycles. The number of rotatable bonds is 9. The molecule has 0 heterocycles. The minimum absolute atomic E-state index is 0.119. The van der Waals surface area contributed by atoms with Crippen LogP contribution in [0.4, 0.5) is 4.39 Å². The van der Waals surface area contributed by atoms with Gasteiger partial charge in [0.1, 0.15) is 12.4 Å². The highest BCUT2D eigenvalue weighted by Gasteiger charge is 2.19. The smallest absolute Gasteiger partial charge is 0.338 e. The number of nitriles is 1. The maximum absolute atomic E-state index is 13.9. The van der Waals surface area contributed by atoms with Crippen molar-refractivity contribution in [2.75, 3.05) is 19.8 Å². The zero-order valence-corrected chi connectivity index (χ0v) is 16.1. The van der Waals surface area contributed by atoms with Gasteiger partial charge in [-0.1, -0.05) is 0 Å². The van der Waals surface area contributed by atoms with Crippen LogP contribution in [0.5, 0.6) is 17.2 Å². The topological polar surface area (TPSA) is 77.8 Å². The molecular weight excluding hydrogens is 365 g/mol. The number of halogens is 1. The maximum Gasteiger partial charge on any atom is 0.338 e. The largest absolute Gasteiger partial charge is 0.490 e. The third-order valence-corrected chi connectivity index (χ3v) is 3.68. The Balaban J connectivity index is 2.28. The van der Waals surface area contributed by atoms with Gasteiger partial charge in [0.25, 0.3) is 0 Å². The van der Waals surface area contributed by atoms with E-state index >= 15 is 0 Å². The SMILES string of the molecule is CCOc1cc(C(=O)OCc2cc(C#N)ccc2F)cc(OCC)c1OCC. The van der Waals surface area contributed by atoms with Crippen molar-refractivity contribution in [2.24, 2.45) is 0 Å². The van der Waals surface area contributed by atoms with Crippen LogP contribution in [0, 0.1) is 17.1 Å². The summed E-state index contributed by atoms with van der Waals surface area (Å²) in [6, 6.07) is 8.79. The van der Waals surface area contributed by atoms with Crippen LogP contribution >= 0.6 is 0 Å². The van der Waals surface area contributed by atoms with Gasteiger partial charge in [0.15, 0.2) is 11.5 Å². The Kier molecular flexibility index (Phi) is 7.64. The van der Waals surface area contributed by atoms with Gasteiger partial charge in [-0.2, -0.15) is 5.26 Å². The first-order valence-electron chi connectivity index (χ1n) is 8.96. The van der Waals surface area contributed by atoms with Crippen LogP contribution in [0.25, 0.3) is 0 Å². The fourth-order valence-corrected chi connectivity index (χ4v) is 2.49.